The maximum atomic E-state index is 12.1. The fourth-order valence-corrected chi connectivity index (χ4v) is 3.19. The molecule has 132 valence electrons. The van der Waals surface area contributed by atoms with Gasteiger partial charge in [-0.05, 0) is 30.5 Å². The normalized spacial score (nSPS) is 19.9. The molecule has 3 rings (SSSR count). The van der Waals surface area contributed by atoms with Crippen LogP contribution in [0.1, 0.15) is 18.4 Å². The molecule has 2 aliphatic heterocycles. The number of urea groups is 1. The van der Waals surface area contributed by atoms with Crippen molar-refractivity contribution in [3.8, 4) is 0 Å². The molecule has 2 fully saturated rings. The molecule has 2 heterocycles. The van der Waals surface area contributed by atoms with E-state index in [1.165, 1.54) is 0 Å². The van der Waals surface area contributed by atoms with Crippen molar-refractivity contribution in [1.29, 1.82) is 0 Å². The highest BCUT2D eigenvalue weighted by atomic mass is 35.5. The number of carbonyl (C=O) groups is 1. The fourth-order valence-electron chi connectivity index (χ4n) is 2.95. The lowest BCUT2D eigenvalue weighted by atomic mass is 10.1. The third-order valence-corrected chi connectivity index (χ3v) is 4.72. The summed E-state index contributed by atoms with van der Waals surface area (Å²) in [5.74, 6) is 0. The van der Waals surface area contributed by atoms with Crippen LogP contribution in [0.2, 0.25) is 5.02 Å². The summed E-state index contributed by atoms with van der Waals surface area (Å²) in [6.07, 6.45) is 1.71. The Hall–Kier alpha value is -1.34. The molecular formula is C17H24ClN3O3. The van der Waals surface area contributed by atoms with Crippen molar-refractivity contribution in [3.05, 3.63) is 28.8 Å². The van der Waals surface area contributed by atoms with E-state index < -0.39 is 0 Å². The molecule has 2 saturated heterocycles. The third-order valence-electron chi connectivity index (χ3n) is 4.37. The molecule has 6 nitrogen and oxygen atoms in total. The average Bonchev–Trinajstić information content (AvgIpc) is 2.59. The molecule has 1 aromatic rings. The number of carbonyl (C=O) groups excluding carboxylic acids is 1. The van der Waals surface area contributed by atoms with Crippen molar-refractivity contribution in [2.24, 2.45) is 0 Å². The minimum atomic E-state index is -0.195. The molecule has 0 unspecified atom stereocenters. The van der Waals surface area contributed by atoms with E-state index in [0.717, 1.165) is 51.3 Å². The number of anilines is 1. The van der Waals surface area contributed by atoms with Gasteiger partial charge in [-0.15, -0.1) is 0 Å². The Labute approximate surface area is 147 Å². The number of halogens is 1. The van der Waals surface area contributed by atoms with Gasteiger partial charge in [0.15, 0.2) is 0 Å². The SMILES string of the molecule is O=C(Nc1ccc(CN2CCOCC2)c(Cl)c1)NC1CCOCC1. The van der Waals surface area contributed by atoms with Crippen molar-refractivity contribution < 1.29 is 14.3 Å². The van der Waals surface area contributed by atoms with Gasteiger partial charge in [0.1, 0.15) is 0 Å². The van der Waals surface area contributed by atoms with E-state index in [1.807, 2.05) is 12.1 Å². The van der Waals surface area contributed by atoms with E-state index in [2.05, 4.69) is 15.5 Å². The van der Waals surface area contributed by atoms with Gasteiger partial charge < -0.3 is 20.1 Å². The monoisotopic (exact) mass is 353 g/mol. The van der Waals surface area contributed by atoms with Crippen LogP contribution in [0.25, 0.3) is 0 Å². The second-order valence-corrected chi connectivity index (χ2v) is 6.59. The Bertz CT molecular complexity index is 558. The van der Waals surface area contributed by atoms with E-state index in [0.29, 0.717) is 23.9 Å². The zero-order valence-electron chi connectivity index (χ0n) is 13.7. The van der Waals surface area contributed by atoms with Crippen LogP contribution in [0.4, 0.5) is 10.5 Å². The maximum Gasteiger partial charge on any atom is 0.319 e. The van der Waals surface area contributed by atoms with Crippen molar-refractivity contribution in [2.75, 3.05) is 44.8 Å². The van der Waals surface area contributed by atoms with Gasteiger partial charge in [0.2, 0.25) is 0 Å². The van der Waals surface area contributed by atoms with Crippen LogP contribution < -0.4 is 10.6 Å². The predicted molar refractivity (Wildman–Crippen MR) is 93.5 cm³/mol. The molecule has 7 heteroatoms. The zero-order chi connectivity index (χ0) is 16.8. The highest BCUT2D eigenvalue weighted by Gasteiger charge is 2.17. The number of hydrogen-bond donors (Lipinski definition) is 2. The summed E-state index contributed by atoms with van der Waals surface area (Å²) >= 11 is 6.38. The Balaban J connectivity index is 1.52. The number of amides is 2. The second-order valence-electron chi connectivity index (χ2n) is 6.18. The molecule has 0 aliphatic carbocycles. The molecule has 24 heavy (non-hydrogen) atoms. The van der Waals surface area contributed by atoms with E-state index in [9.17, 15) is 4.79 Å². The van der Waals surface area contributed by atoms with Gasteiger partial charge in [0.05, 0.1) is 13.2 Å². The summed E-state index contributed by atoms with van der Waals surface area (Å²) in [5.41, 5.74) is 1.77. The summed E-state index contributed by atoms with van der Waals surface area (Å²) in [4.78, 5) is 14.4. The summed E-state index contributed by atoms with van der Waals surface area (Å²) in [5, 5.41) is 6.50. The molecule has 2 amide bonds. The van der Waals surface area contributed by atoms with Gasteiger partial charge in [-0.1, -0.05) is 17.7 Å². The van der Waals surface area contributed by atoms with Crippen LogP contribution in [0, 0.1) is 0 Å². The van der Waals surface area contributed by atoms with Crippen LogP contribution in [0.3, 0.4) is 0 Å². The lowest BCUT2D eigenvalue weighted by molar-refractivity contribution is 0.0342. The zero-order valence-corrected chi connectivity index (χ0v) is 14.5. The van der Waals surface area contributed by atoms with Crippen LogP contribution in [-0.4, -0.2) is 56.5 Å². The number of nitrogens with one attached hydrogen (secondary N) is 2. The molecule has 0 radical (unpaired) electrons. The molecule has 2 N–H and O–H groups in total. The van der Waals surface area contributed by atoms with Gasteiger partial charge >= 0.3 is 6.03 Å². The first kappa shape index (κ1) is 17.5. The van der Waals surface area contributed by atoms with Crippen molar-refractivity contribution in [3.63, 3.8) is 0 Å². The van der Waals surface area contributed by atoms with Crippen molar-refractivity contribution in [2.45, 2.75) is 25.4 Å². The first-order valence-corrected chi connectivity index (χ1v) is 8.82. The number of hydrogen-bond acceptors (Lipinski definition) is 4. The Morgan fingerprint density at radius 1 is 1.17 bits per heavy atom. The van der Waals surface area contributed by atoms with Crippen LogP contribution >= 0.6 is 11.6 Å². The first-order chi connectivity index (χ1) is 11.7. The Morgan fingerprint density at radius 2 is 1.88 bits per heavy atom. The van der Waals surface area contributed by atoms with Gasteiger partial charge in [0.25, 0.3) is 0 Å². The summed E-state index contributed by atoms with van der Waals surface area (Å²) in [6.45, 7) is 5.58. The minimum absolute atomic E-state index is 0.176. The van der Waals surface area contributed by atoms with Crippen molar-refractivity contribution in [1.82, 2.24) is 10.2 Å². The van der Waals surface area contributed by atoms with E-state index in [1.54, 1.807) is 6.07 Å². The number of benzene rings is 1. The van der Waals surface area contributed by atoms with Gasteiger partial charge in [-0.3, -0.25) is 4.90 Å². The number of rotatable bonds is 4. The molecule has 0 bridgehead atoms. The average molecular weight is 354 g/mol. The molecular weight excluding hydrogens is 330 g/mol. The minimum Gasteiger partial charge on any atom is -0.381 e. The number of ether oxygens (including phenoxy) is 2. The van der Waals surface area contributed by atoms with Crippen LogP contribution in [0.5, 0.6) is 0 Å². The third kappa shape index (κ3) is 5.08. The lowest BCUT2D eigenvalue weighted by Gasteiger charge is -2.27. The predicted octanol–water partition coefficient (Wildman–Crippen LogP) is 2.47. The van der Waals surface area contributed by atoms with E-state index in [-0.39, 0.29) is 12.1 Å². The van der Waals surface area contributed by atoms with Gasteiger partial charge in [-0.25, -0.2) is 4.79 Å². The van der Waals surface area contributed by atoms with Gasteiger partial charge in [0, 0.05) is 49.6 Å². The molecule has 2 aliphatic rings. The quantitative estimate of drug-likeness (QED) is 0.873. The van der Waals surface area contributed by atoms with Crippen LogP contribution in [-0.2, 0) is 16.0 Å². The lowest BCUT2D eigenvalue weighted by Crippen LogP contribution is -2.41. The largest absolute Gasteiger partial charge is 0.381 e. The first-order valence-electron chi connectivity index (χ1n) is 8.44. The summed E-state index contributed by atoms with van der Waals surface area (Å²) < 4.78 is 10.6. The fraction of sp³-hybridized carbons (Fsp3) is 0.588. The number of morpholine rings is 1. The van der Waals surface area contributed by atoms with Gasteiger partial charge in [-0.2, -0.15) is 0 Å². The van der Waals surface area contributed by atoms with Crippen molar-refractivity contribution >= 4 is 23.3 Å². The maximum absolute atomic E-state index is 12.1. The topological polar surface area (TPSA) is 62.8 Å². The Morgan fingerprint density at radius 3 is 2.58 bits per heavy atom. The molecule has 0 spiro atoms. The summed E-state index contributed by atoms with van der Waals surface area (Å²) in [6, 6.07) is 5.65. The molecule has 1 aromatic carbocycles. The molecule has 0 atom stereocenters. The second kappa shape index (κ2) is 8.67. The number of nitrogens with zero attached hydrogens (tertiary/aromatic N) is 1. The van der Waals surface area contributed by atoms with Crippen LogP contribution in [0.15, 0.2) is 18.2 Å². The molecule has 0 saturated carbocycles. The summed E-state index contributed by atoms with van der Waals surface area (Å²) in [7, 11) is 0. The molecule has 0 aromatic heterocycles. The highest BCUT2D eigenvalue weighted by Crippen LogP contribution is 2.23. The van der Waals surface area contributed by atoms with E-state index in [4.69, 9.17) is 21.1 Å². The Kier molecular flexibility index (Phi) is 6.31. The van der Waals surface area contributed by atoms with E-state index >= 15 is 0 Å². The smallest absolute Gasteiger partial charge is 0.319 e. The highest BCUT2D eigenvalue weighted by molar-refractivity contribution is 6.31. The standard InChI is InChI=1S/C17H24ClN3O3/c18-16-11-15(20-17(22)19-14-3-7-23-8-4-14)2-1-13(16)12-21-5-9-24-10-6-21/h1-2,11,14H,3-10,12H2,(H2,19,20,22).